The monoisotopic (exact) mass is 314 g/mol. The standard InChI is InChI=1S/C13H18N2O5S/c14-9-4-5-12(11(7-9)13(16)17)21(18,19)15-8-10-3-1-2-6-20-10/h4-5,7,10,15H,1-3,6,8,14H2,(H,16,17). The molecule has 0 aromatic heterocycles. The third-order valence-electron chi connectivity index (χ3n) is 3.30. The van der Waals surface area contributed by atoms with Crippen LogP contribution in [0.2, 0.25) is 0 Å². The van der Waals surface area contributed by atoms with Crippen LogP contribution in [0.4, 0.5) is 5.69 Å². The normalized spacial score (nSPS) is 19.3. The lowest BCUT2D eigenvalue weighted by Gasteiger charge is -2.22. The number of nitrogens with one attached hydrogen (secondary N) is 1. The topological polar surface area (TPSA) is 119 Å². The molecule has 0 radical (unpaired) electrons. The lowest BCUT2D eigenvalue weighted by atomic mass is 10.1. The maximum Gasteiger partial charge on any atom is 0.337 e. The van der Waals surface area contributed by atoms with Crippen molar-refractivity contribution in [2.45, 2.75) is 30.3 Å². The fourth-order valence-electron chi connectivity index (χ4n) is 2.20. The Balaban J connectivity index is 2.17. The minimum atomic E-state index is -3.92. The number of rotatable bonds is 5. The van der Waals surface area contributed by atoms with Gasteiger partial charge in [-0.1, -0.05) is 0 Å². The summed E-state index contributed by atoms with van der Waals surface area (Å²) in [5.41, 5.74) is 5.36. The molecule has 0 aliphatic carbocycles. The Morgan fingerprint density at radius 3 is 2.81 bits per heavy atom. The van der Waals surface area contributed by atoms with Gasteiger partial charge in [-0.3, -0.25) is 0 Å². The Morgan fingerprint density at radius 1 is 1.43 bits per heavy atom. The van der Waals surface area contributed by atoms with Crippen LogP contribution < -0.4 is 10.5 Å². The van der Waals surface area contributed by atoms with Crippen LogP contribution in [0.5, 0.6) is 0 Å². The van der Waals surface area contributed by atoms with Crippen molar-refractivity contribution in [1.29, 1.82) is 0 Å². The van der Waals surface area contributed by atoms with Gasteiger partial charge in [-0.15, -0.1) is 0 Å². The molecule has 0 bridgehead atoms. The van der Waals surface area contributed by atoms with Crippen molar-refractivity contribution in [2.75, 3.05) is 18.9 Å². The lowest BCUT2D eigenvalue weighted by Crippen LogP contribution is -2.36. The minimum Gasteiger partial charge on any atom is -0.478 e. The van der Waals surface area contributed by atoms with Crippen molar-refractivity contribution in [1.82, 2.24) is 4.72 Å². The summed E-state index contributed by atoms with van der Waals surface area (Å²) in [5, 5.41) is 9.10. The van der Waals surface area contributed by atoms with Crippen LogP contribution in [-0.2, 0) is 14.8 Å². The zero-order valence-corrected chi connectivity index (χ0v) is 12.2. The number of carboxylic acids is 1. The number of carbonyl (C=O) groups is 1. The Morgan fingerprint density at radius 2 is 2.19 bits per heavy atom. The van der Waals surface area contributed by atoms with Crippen LogP contribution in [-0.4, -0.2) is 38.7 Å². The molecule has 21 heavy (non-hydrogen) atoms. The highest BCUT2D eigenvalue weighted by Gasteiger charge is 2.24. The van der Waals surface area contributed by atoms with E-state index in [1.54, 1.807) is 0 Å². The summed E-state index contributed by atoms with van der Waals surface area (Å²) in [5.74, 6) is -1.34. The lowest BCUT2D eigenvalue weighted by molar-refractivity contribution is 0.0200. The zero-order chi connectivity index (χ0) is 15.5. The van der Waals surface area contributed by atoms with Gasteiger partial charge in [-0.25, -0.2) is 17.9 Å². The number of hydrogen-bond acceptors (Lipinski definition) is 5. The second-order valence-corrected chi connectivity index (χ2v) is 6.64. The van der Waals surface area contributed by atoms with E-state index < -0.39 is 16.0 Å². The van der Waals surface area contributed by atoms with Crippen LogP contribution in [0.15, 0.2) is 23.1 Å². The number of nitrogens with two attached hydrogens (primary N) is 1. The third-order valence-corrected chi connectivity index (χ3v) is 4.78. The largest absolute Gasteiger partial charge is 0.478 e. The van der Waals surface area contributed by atoms with Gasteiger partial charge in [-0.2, -0.15) is 0 Å². The summed E-state index contributed by atoms with van der Waals surface area (Å²) in [6.45, 7) is 0.750. The summed E-state index contributed by atoms with van der Waals surface area (Å²) in [7, 11) is -3.92. The van der Waals surface area contributed by atoms with Crippen molar-refractivity contribution in [2.24, 2.45) is 0 Å². The van der Waals surface area contributed by atoms with E-state index in [0.717, 1.165) is 25.3 Å². The van der Waals surface area contributed by atoms with E-state index in [1.807, 2.05) is 0 Å². The van der Waals surface area contributed by atoms with E-state index in [2.05, 4.69) is 4.72 Å². The van der Waals surface area contributed by atoms with E-state index in [1.165, 1.54) is 12.1 Å². The molecule has 1 fully saturated rings. The number of sulfonamides is 1. The number of nitrogen functional groups attached to an aromatic ring is 1. The molecule has 1 unspecified atom stereocenters. The molecule has 1 aromatic carbocycles. The molecule has 116 valence electrons. The van der Waals surface area contributed by atoms with Gasteiger partial charge in [0.2, 0.25) is 10.0 Å². The van der Waals surface area contributed by atoms with Gasteiger partial charge >= 0.3 is 5.97 Å². The molecule has 0 saturated carbocycles. The molecule has 1 saturated heterocycles. The first-order valence-electron chi connectivity index (χ1n) is 6.64. The highest BCUT2D eigenvalue weighted by atomic mass is 32.2. The average Bonchev–Trinajstić information content (AvgIpc) is 2.46. The maximum atomic E-state index is 12.2. The predicted molar refractivity (Wildman–Crippen MR) is 76.6 cm³/mol. The Kier molecular flexibility index (Phi) is 4.81. The van der Waals surface area contributed by atoms with Gasteiger partial charge < -0.3 is 15.6 Å². The molecule has 1 aromatic rings. The van der Waals surface area contributed by atoms with Crippen molar-refractivity contribution in [3.8, 4) is 0 Å². The molecule has 0 amide bonds. The smallest absolute Gasteiger partial charge is 0.337 e. The minimum absolute atomic E-state index is 0.131. The molecule has 0 spiro atoms. The summed E-state index contributed by atoms with van der Waals surface area (Å²) in [4.78, 5) is 10.9. The maximum absolute atomic E-state index is 12.2. The van der Waals surface area contributed by atoms with Gasteiger partial charge in [0, 0.05) is 18.8 Å². The predicted octanol–water partition coefficient (Wildman–Crippen LogP) is 0.814. The van der Waals surface area contributed by atoms with E-state index in [9.17, 15) is 13.2 Å². The fraction of sp³-hybridized carbons (Fsp3) is 0.462. The summed E-state index contributed by atoms with van der Waals surface area (Å²) in [6, 6.07) is 3.69. The van der Waals surface area contributed by atoms with Crippen LogP contribution in [0.1, 0.15) is 29.6 Å². The quantitative estimate of drug-likeness (QED) is 0.692. The molecule has 4 N–H and O–H groups in total. The molecular weight excluding hydrogens is 296 g/mol. The zero-order valence-electron chi connectivity index (χ0n) is 11.4. The molecule has 1 aliphatic heterocycles. The van der Waals surface area contributed by atoms with Gasteiger partial charge in [0.1, 0.15) is 0 Å². The Labute approximate surface area is 123 Å². The second kappa shape index (κ2) is 6.42. The highest BCUT2D eigenvalue weighted by molar-refractivity contribution is 7.89. The number of hydrogen-bond donors (Lipinski definition) is 3. The van der Waals surface area contributed by atoms with Crippen molar-refractivity contribution in [3.63, 3.8) is 0 Å². The first kappa shape index (κ1) is 15.7. The van der Waals surface area contributed by atoms with Gasteiger partial charge in [0.25, 0.3) is 0 Å². The number of benzene rings is 1. The first-order chi connectivity index (χ1) is 9.90. The van der Waals surface area contributed by atoms with E-state index in [0.29, 0.717) is 6.61 Å². The van der Waals surface area contributed by atoms with Crippen LogP contribution >= 0.6 is 0 Å². The number of ether oxygens (including phenoxy) is 1. The number of carboxylic acid groups (broad SMARTS) is 1. The van der Waals surface area contributed by atoms with Crippen LogP contribution in [0.25, 0.3) is 0 Å². The highest BCUT2D eigenvalue weighted by Crippen LogP contribution is 2.19. The molecular formula is C13H18N2O5S. The number of aromatic carboxylic acids is 1. The molecule has 1 heterocycles. The molecule has 1 aliphatic rings. The van der Waals surface area contributed by atoms with Crippen LogP contribution in [0.3, 0.4) is 0 Å². The fourth-order valence-corrected chi connectivity index (χ4v) is 3.44. The van der Waals surface area contributed by atoms with Crippen molar-refractivity contribution >= 4 is 21.7 Å². The SMILES string of the molecule is Nc1ccc(S(=O)(=O)NCC2CCCCO2)c(C(=O)O)c1. The summed E-state index contributed by atoms with van der Waals surface area (Å²) in [6.07, 6.45) is 2.59. The second-order valence-electron chi connectivity index (χ2n) is 4.90. The molecule has 8 heteroatoms. The van der Waals surface area contributed by atoms with Gasteiger partial charge in [0.05, 0.1) is 16.6 Å². The van der Waals surface area contributed by atoms with E-state index in [4.69, 9.17) is 15.6 Å². The van der Waals surface area contributed by atoms with Crippen molar-refractivity contribution in [3.05, 3.63) is 23.8 Å². The van der Waals surface area contributed by atoms with Gasteiger partial charge in [-0.05, 0) is 37.5 Å². The van der Waals surface area contributed by atoms with E-state index in [-0.39, 0.29) is 28.8 Å². The summed E-state index contributed by atoms with van der Waals surface area (Å²) >= 11 is 0. The molecule has 1 atom stereocenters. The Bertz CT molecular complexity index is 623. The summed E-state index contributed by atoms with van der Waals surface area (Å²) < 4.78 is 32.3. The third kappa shape index (κ3) is 3.93. The average molecular weight is 314 g/mol. The molecule has 2 rings (SSSR count). The van der Waals surface area contributed by atoms with Crippen molar-refractivity contribution < 1.29 is 23.1 Å². The molecule has 7 nitrogen and oxygen atoms in total. The van der Waals surface area contributed by atoms with E-state index >= 15 is 0 Å². The van der Waals surface area contributed by atoms with Gasteiger partial charge in [0.15, 0.2) is 0 Å². The number of anilines is 1. The Hall–Kier alpha value is -1.64. The van der Waals surface area contributed by atoms with Crippen LogP contribution in [0, 0.1) is 0 Å². The first-order valence-corrected chi connectivity index (χ1v) is 8.12.